The molecule has 0 aliphatic carbocycles. The number of aliphatic hydroxyl groups is 1. The normalized spacial score (nSPS) is 24.9. The van der Waals surface area contributed by atoms with Crippen molar-refractivity contribution in [2.75, 3.05) is 18.1 Å². The maximum Gasteiger partial charge on any atom is 0.417 e. The van der Waals surface area contributed by atoms with Gasteiger partial charge in [0, 0.05) is 28.8 Å². The van der Waals surface area contributed by atoms with Crippen LogP contribution in [0.25, 0.3) is 0 Å². The van der Waals surface area contributed by atoms with E-state index < -0.39 is 53.4 Å². The molecule has 0 bridgehead atoms. The Bertz CT molecular complexity index is 1160. The number of anilines is 1. The third kappa shape index (κ3) is 6.13. The lowest BCUT2D eigenvalue weighted by molar-refractivity contribution is -0.272. The largest absolute Gasteiger partial charge is 0.417 e. The lowest BCUT2D eigenvalue weighted by Gasteiger charge is -2.32. The number of benzene rings is 1. The highest BCUT2D eigenvalue weighted by Crippen LogP contribution is 2.54. The van der Waals surface area contributed by atoms with Gasteiger partial charge < -0.3 is 20.5 Å². The summed E-state index contributed by atoms with van der Waals surface area (Å²) in [6.45, 7) is 8.19. The number of aliphatic hydroxyl groups excluding tert-OH is 1. The number of nitrogens with zero attached hydrogens (tertiary/aromatic N) is 1. The molecule has 12 heteroatoms. The van der Waals surface area contributed by atoms with Crippen LogP contribution in [0.4, 0.5) is 27.6 Å². The number of pyridine rings is 1. The van der Waals surface area contributed by atoms with Crippen molar-refractivity contribution in [2.45, 2.75) is 75.0 Å². The third-order valence-corrected chi connectivity index (χ3v) is 7.61. The minimum Gasteiger partial charge on any atom is -0.385 e. The molecule has 0 unspecified atom stereocenters. The topological polar surface area (TPSA) is 83.5 Å². The van der Waals surface area contributed by atoms with E-state index in [0.29, 0.717) is 5.69 Å². The molecule has 1 fully saturated rings. The number of amides is 1. The Balaban J connectivity index is 1.90. The van der Waals surface area contributed by atoms with Crippen molar-refractivity contribution in [3.05, 3.63) is 53.4 Å². The molecule has 0 saturated carbocycles. The number of ether oxygens (including phenoxy) is 1. The second kappa shape index (κ2) is 11.1. The molecule has 0 radical (unpaired) electrons. The summed E-state index contributed by atoms with van der Waals surface area (Å²) in [6, 6.07) is 4.97. The summed E-state index contributed by atoms with van der Waals surface area (Å²) in [7, 11) is 0. The van der Waals surface area contributed by atoms with E-state index in [0.717, 1.165) is 24.8 Å². The molecule has 2 aromatic rings. The summed E-state index contributed by atoms with van der Waals surface area (Å²) < 4.78 is 76.2. The predicted octanol–water partition coefficient (Wildman–Crippen LogP) is 5.58. The van der Waals surface area contributed by atoms with E-state index in [-0.39, 0.29) is 28.2 Å². The number of aromatic nitrogens is 1. The van der Waals surface area contributed by atoms with Crippen LogP contribution in [0, 0.1) is 17.6 Å². The van der Waals surface area contributed by atoms with Gasteiger partial charge in [0.2, 0.25) is 0 Å². The number of nitrogens with one attached hydrogen (secondary N) is 2. The molecular weight excluding hydrogens is 529 g/mol. The fourth-order valence-electron chi connectivity index (χ4n) is 4.44. The van der Waals surface area contributed by atoms with Gasteiger partial charge in [-0.15, -0.1) is 11.8 Å². The first-order valence-electron chi connectivity index (χ1n) is 12.0. The molecule has 210 valence electrons. The predicted molar refractivity (Wildman–Crippen MR) is 135 cm³/mol. The van der Waals surface area contributed by atoms with Crippen LogP contribution in [0.3, 0.4) is 0 Å². The van der Waals surface area contributed by atoms with Crippen LogP contribution in [0.15, 0.2) is 35.4 Å². The average Bonchev–Trinajstić information content (AvgIpc) is 3.11. The Morgan fingerprint density at radius 2 is 1.87 bits per heavy atom. The van der Waals surface area contributed by atoms with Gasteiger partial charge in [-0.3, -0.25) is 9.78 Å². The summed E-state index contributed by atoms with van der Waals surface area (Å²) in [6.07, 6.45) is -4.67. The Morgan fingerprint density at radius 1 is 1.21 bits per heavy atom. The van der Waals surface area contributed by atoms with Crippen molar-refractivity contribution in [2.24, 2.45) is 5.92 Å². The van der Waals surface area contributed by atoms with Crippen molar-refractivity contribution in [1.29, 1.82) is 0 Å². The number of hydrogen-bond donors (Lipinski definition) is 3. The third-order valence-electron chi connectivity index (χ3n) is 6.79. The van der Waals surface area contributed by atoms with Gasteiger partial charge in [0.25, 0.3) is 5.91 Å². The number of alkyl halides is 3. The highest BCUT2D eigenvalue weighted by atomic mass is 32.2. The van der Waals surface area contributed by atoms with Gasteiger partial charge in [-0.25, -0.2) is 8.78 Å². The van der Waals surface area contributed by atoms with Crippen LogP contribution in [0.5, 0.6) is 0 Å². The van der Waals surface area contributed by atoms with E-state index in [1.54, 1.807) is 0 Å². The van der Waals surface area contributed by atoms with Crippen molar-refractivity contribution in [3.63, 3.8) is 0 Å². The molecular formula is C26H32F5N3O3S. The number of thioether (sulfide) groups is 1. The van der Waals surface area contributed by atoms with E-state index >= 15 is 0 Å². The lowest BCUT2D eigenvalue weighted by atomic mass is 9.77. The summed E-state index contributed by atoms with van der Waals surface area (Å²) in [5, 5.41) is 16.0. The number of halogens is 5. The van der Waals surface area contributed by atoms with Crippen LogP contribution in [-0.2, 0) is 9.53 Å². The van der Waals surface area contributed by atoms with Crippen LogP contribution < -0.4 is 10.6 Å². The van der Waals surface area contributed by atoms with E-state index in [9.17, 15) is 31.9 Å². The monoisotopic (exact) mass is 561 g/mol. The van der Waals surface area contributed by atoms with Crippen molar-refractivity contribution in [3.8, 4) is 0 Å². The van der Waals surface area contributed by atoms with Crippen molar-refractivity contribution in [1.82, 2.24) is 10.3 Å². The fraction of sp³-hybridized carbons (Fsp3) is 0.538. The second-order valence-corrected chi connectivity index (χ2v) is 11.4. The standard InChI is InChI=1S/C26H32F5N3O3S/c1-13-19(15-8-9-16(27)20(28)22(15)38-6)21(37-25(13,5)26(29,30)31)23(36)34-14-7-10-17(32-11-14)18(35)12-33-24(2,3)4/h7-11,13,18-19,21,33,35H,12H2,1-6H3,(H,34,36)/t13-,18+,19-,21+,25+/m0/s1. The molecule has 3 N–H and O–H groups in total. The van der Waals surface area contributed by atoms with Crippen LogP contribution in [0.2, 0.25) is 0 Å². The average molecular weight is 562 g/mol. The zero-order valence-electron chi connectivity index (χ0n) is 21.9. The molecule has 1 aliphatic heterocycles. The first-order chi connectivity index (χ1) is 17.5. The van der Waals surface area contributed by atoms with Crippen molar-refractivity contribution < 1.29 is 36.6 Å². The van der Waals surface area contributed by atoms with E-state index in [4.69, 9.17) is 4.74 Å². The molecule has 1 aliphatic rings. The Morgan fingerprint density at radius 3 is 2.39 bits per heavy atom. The maximum atomic E-state index is 14.6. The first-order valence-corrected chi connectivity index (χ1v) is 13.2. The highest BCUT2D eigenvalue weighted by molar-refractivity contribution is 7.98. The minimum absolute atomic E-state index is 0.0555. The smallest absolute Gasteiger partial charge is 0.385 e. The van der Waals surface area contributed by atoms with Gasteiger partial charge >= 0.3 is 6.18 Å². The second-order valence-electron chi connectivity index (χ2n) is 10.5. The fourth-order valence-corrected chi connectivity index (χ4v) is 5.15. The van der Waals surface area contributed by atoms with Crippen molar-refractivity contribution >= 4 is 23.4 Å². The minimum atomic E-state index is -4.84. The summed E-state index contributed by atoms with van der Waals surface area (Å²) in [5.74, 6) is -5.76. The number of hydrogen-bond acceptors (Lipinski definition) is 6. The molecule has 1 aromatic heterocycles. The Hall–Kier alpha value is -2.28. The molecule has 1 aromatic carbocycles. The number of carbonyl (C=O) groups excluding carboxylic acids is 1. The number of rotatable bonds is 7. The molecule has 3 rings (SSSR count). The zero-order valence-corrected chi connectivity index (χ0v) is 22.7. The van der Waals surface area contributed by atoms with E-state index in [1.807, 2.05) is 20.8 Å². The molecule has 38 heavy (non-hydrogen) atoms. The van der Waals surface area contributed by atoms with Crippen LogP contribution in [0.1, 0.15) is 57.9 Å². The van der Waals surface area contributed by atoms with Gasteiger partial charge in [0.15, 0.2) is 17.2 Å². The summed E-state index contributed by atoms with van der Waals surface area (Å²) >= 11 is 0.838. The quantitative estimate of drug-likeness (QED) is 0.302. The van der Waals surface area contributed by atoms with Crippen LogP contribution in [-0.4, -0.2) is 52.2 Å². The molecule has 0 spiro atoms. The Labute approximate surface area is 222 Å². The highest BCUT2D eigenvalue weighted by Gasteiger charge is 2.65. The summed E-state index contributed by atoms with van der Waals surface area (Å²) in [4.78, 5) is 17.2. The van der Waals surface area contributed by atoms with Gasteiger partial charge in [-0.2, -0.15) is 13.2 Å². The van der Waals surface area contributed by atoms with Crippen LogP contribution >= 0.6 is 11.8 Å². The summed E-state index contributed by atoms with van der Waals surface area (Å²) in [5.41, 5.74) is -2.38. The van der Waals surface area contributed by atoms with Gasteiger partial charge in [-0.1, -0.05) is 13.0 Å². The SMILES string of the molecule is CSc1c([C@H]2[C@H](C(=O)Nc3ccc([C@H](O)CNC(C)(C)C)nc3)O[C@@](C)(C(F)(F)F)[C@H]2C)ccc(F)c1F. The van der Waals surface area contributed by atoms with E-state index in [1.165, 1.54) is 37.6 Å². The number of β-amino-alcohol motifs (C(OH)–C–C–N with tert-alkyl or cyclic N) is 1. The van der Waals surface area contributed by atoms with E-state index in [2.05, 4.69) is 15.6 Å². The zero-order chi connectivity index (χ0) is 28.6. The molecule has 6 nitrogen and oxygen atoms in total. The van der Waals surface area contributed by atoms with Gasteiger partial charge in [-0.05, 0) is 57.7 Å². The van der Waals surface area contributed by atoms with Gasteiger partial charge in [0.1, 0.15) is 12.2 Å². The molecule has 1 saturated heterocycles. The maximum absolute atomic E-state index is 14.6. The molecule has 2 heterocycles. The lowest BCUT2D eigenvalue weighted by Crippen LogP contribution is -2.47. The van der Waals surface area contributed by atoms with Gasteiger partial charge in [0.05, 0.1) is 17.6 Å². The first kappa shape index (κ1) is 30.3. The molecule has 1 amide bonds. The Kier molecular flexibility index (Phi) is 8.82. The molecule has 5 atom stereocenters. The number of carbonyl (C=O) groups is 1.